The quantitative estimate of drug-likeness (QED) is 0.765. The van der Waals surface area contributed by atoms with Gasteiger partial charge in [-0.05, 0) is 38.3 Å². The average molecular weight is 364 g/mol. The van der Waals surface area contributed by atoms with Crippen LogP contribution in [-0.4, -0.2) is 15.2 Å². The van der Waals surface area contributed by atoms with Gasteiger partial charge in [0, 0.05) is 22.3 Å². The Balaban J connectivity index is 2.04. The highest BCUT2D eigenvalue weighted by Gasteiger charge is 2.26. The Bertz CT molecular complexity index is 795. The van der Waals surface area contributed by atoms with E-state index in [1.165, 1.54) is 31.0 Å². The van der Waals surface area contributed by atoms with Crippen LogP contribution in [0.4, 0.5) is 8.78 Å². The van der Waals surface area contributed by atoms with Crippen LogP contribution in [-0.2, 0) is 0 Å². The van der Waals surface area contributed by atoms with Gasteiger partial charge in [-0.3, -0.25) is 4.79 Å². The summed E-state index contributed by atoms with van der Waals surface area (Å²) in [7, 11) is 0. The van der Waals surface area contributed by atoms with Crippen molar-refractivity contribution in [2.24, 2.45) is 0 Å². The lowest BCUT2D eigenvalue weighted by Gasteiger charge is -2.19. The minimum atomic E-state index is -0.599. The highest BCUT2D eigenvalue weighted by molar-refractivity contribution is 7.99. The summed E-state index contributed by atoms with van der Waals surface area (Å²) >= 11 is 1.57. The largest absolute Gasteiger partial charge is 0.301 e. The van der Waals surface area contributed by atoms with Gasteiger partial charge in [0.25, 0.3) is 5.56 Å². The number of benzene rings is 1. The van der Waals surface area contributed by atoms with E-state index in [1.54, 1.807) is 18.7 Å². The zero-order valence-corrected chi connectivity index (χ0v) is 15.3. The number of aromatic amines is 1. The smallest absolute Gasteiger partial charge is 0.254 e. The number of hydrogen-bond acceptors (Lipinski definition) is 3. The van der Waals surface area contributed by atoms with Gasteiger partial charge in [-0.1, -0.05) is 37.6 Å². The van der Waals surface area contributed by atoms with E-state index in [4.69, 9.17) is 0 Å². The minimum absolute atomic E-state index is 0.0111. The van der Waals surface area contributed by atoms with Gasteiger partial charge in [0.05, 0.1) is 5.69 Å². The van der Waals surface area contributed by atoms with Gasteiger partial charge in [0.15, 0.2) is 5.16 Å². The highest BCUT2D eigenvalue weighted by atomic mass is 32.2. The van der Waals surface area contributed by atoms with Gasteiger partial charge in [0.1, 0.15) is 11.6 Å². The lowest BCUT2D eigenvalue weighted by molar-refractivity contribution is 0.530. The first kappa shape index (κ1) is 18.1. The van der Waals surface area contributed by atoms with Crippen molar-refractivity contribution in [2.75, 3.05) is 0 Å². The van der Waals surface area contributed by atoms with Crippen molar-refractivity contribution < 1.29 is 8.78 Å². The molecule has 0 amide bonds. The van der Waals surface area contributed by atoms with Crippen LogP contribution in [0.3, 0.4) is 0 Å². The van der Waals surface area contributed by atoms with Gasteiger partial charge in [-0.25, -0.2) is 13.8 Å². The van der Waals surface area contributed by atoms with Gasteiger partial charge >= 0.3 is 0 Å². The monoisotopic (exact) mass is 364 g/mol. The van der Waals surface area contributed by atoms with E-state index in [1.807, 2.05) is 6.92 Å². The molecule has 1 aliphatic rings. The molecule has 0 aliphatic heterocycles. The number of rotatable bonds is 5. The molecule has 0 spiro atoms. The molecule has 1 heterocycles. The summed E-state index contributed by atoms with van der Waals surface area (Å²) in [5.41, 5.74) is 0.643. The van der Waals surface area contributed by atoms with E-state index >= 15 is 0 Å². The second-order valence-electron chi connectivity index (χ2n) is 6.50. The molecular formula is C19H22F2N2OS. The molecule has 134 valence electrons. The van der Waals surface area contributed by atoms with E-state index in [0.29, 0.717) is 28.1 Å². The van der Waals surface area contributed by atoms with Crippen LogP contribution in [0.2, 0.25) is 0 Å². The molecular weight excluding hydrogens is 342 g/mol. The molecule has 1 aromatic heterocycles. The summed E-state index contributed by atoms with van der Waals surface area (Å²) in [4.78, 5) is 19.8. The van der Waals surface area contributed by atoms with E-state index in [-0.39, 0.29) is 11.1 Å². The van der Waals surface area contributed by atoms with Gasteiger partial charge < -0.3 is 4.98 Å². The Hall–Kier alpha value is -1.69. The first-order valence-electron chi connectivity index (χ1n) is 8.72. The van der Waals surface area contributed by atoms with Crippen LogP contribution in [0.1, 0.15) is 61.8 Å². The molecule has 0 bridgehead atoms. The highest BCUT2D eigenvalue weighted by Crippen LogP contribution is 2.35. The summed E-state index contributed by atoms with van der Waals surface area (Å²) in [5, 5.41) is 0.997. The number of nitrogens with one attached hydrogen (secondary N) is 1. The molecule has 0 radical (unpaired) electrons. The maximum Gasteiger partial charge on any atom is 0.254 e. The number of halogens is 2. The van der Waals surface area contributed by atoms with Crippen molar-refractivity contribution in [3.63, 3.8) is 0 Å². The van der Waals surface area contributed by atoms with Crippen molar-refractivity contribution >= 4 is 11.8 Å². The fourth-order valence-corrected chi connectivity index (χ4v) is 4.65. The first-order valence-corrected chi connectivity index (χ1v) is 9.60. The standard InChI is InChI=1S/C19H22F2N2OS/c1-3-13(16-14(20)9-6-10-15(16)21)17-11(2)18(24)23-19(22-17)25-12-7-4-5-8-12/h6,9-10,12-13H,3-5,7-8H2,1-2H3,(H,22,23,24). The van der Waals surface area contributed by atoms with E-state index in [0.717, 1.165) is 12.8 Å². The lowest BCUT2D eigenvalue weighted by Crippen LogP contribution is -2.20. The Morgan fingerprint density at radius 3 is 2.52 bits per heavy atom. The second-order valence-corrected chi connectivity index (χ2v) is 7.79. The third kappa shape index (κ3) is 3.78. The van der Waals surface area contributed by atoms with E-state index < -0.39 is 17.6 Å². The number of aromatic nitrogens is 2. The van der Waals surface area contributed by atoms with Crippen LogP contribution in [0.15, 0.2) is 28.2 Å². The van der Waals surface area contributed by atoms with Crippen LogP contribution in [0, 0.1) is 18.6 Å². The molecule has 1 saturated carbocycles. The molecule has 3 nitrogen and oxygen atoms in total. The predicted octanol–water partition coefficient (Wildman–Crippen LogP) is 4.93. The van der Waals surface area contributed by atoms with Crippen LogP contribution < -0.4 is 5.56 Å². The van der Waals surface area contributed by atoms with Crippen molar-refractivity contribution in [3.05, 3.63) is 57.0 Å². The Morgan fingerprint density at radius 2 is 1.92 bits per heavy atom. The summed E-state index contributed by atoms with van der Waals surface area (Å²) in [6.07, 6.45) is 5.06. The fraction of sp³-hybridized carbons (Fsp3) is 0.474. The maximum absolute atomic E-state index is 14.3. The molecule has 6 heteroatoms. The molecule has 1 aliphatic carbocycles. The zero-order valence-electron chi connectivity index (χ0n) is 14.4. The number of thioether (sulfide) groups is 1. The molecule has 0 saturated heterocycles. The Labute approximate surface area is 150 Å². The van der Waals surface area contributed by atoms with Gasteiger partial charge in [0.2, 0.25) is 0 Å². The normalized spacial score (nSPS) is 16.3. The van der Waals surface area contributed by atoms with Gasteiger partial charge in [-0.15, -0.1) is 0 Å². The molecule has 1 atom stereocenters. The number of H-pyrrole nitrogens is 1. The second kappa shape index (κ2) is 7.68. The maximum atomic E-state index is 14.3. The van der Waals surface area contributed by atoms with Crippen molar-refractivity contribution in [1.82, 2.24) is 9.97 Å². The summed E-state index contributed by atoms with van der Waals surface area (Å²) < 4.78 is 28.5. The third-order valence-electron chi connectivity index (χ3n) is 4.83. The third-order valence-corrected chi connectivity index (χ3v) is 6.06. The molecule has 1 fully saturated rings. The Morgan fingerprint density at radius 1 is 1.28 bits per heavy atom. The number of nitrogens with zero attached hydrogens (tertiary/aromatic N) is 1. The topological polar surface area (TPSA) is 45.8 Å². The summed E-state index contributed by atoms with van der Waals surface area (Å²) in [6.45, 7) is 3.51. The lowest BCUT2D eigenvalue weighted by atomic mass is 9.90. The molecule has 1 unspecified atom stereocenters. The SMILES string of the molecule is CCC(c1nc(SC2CCCC2)[nH]c(=O)c1C)c1c(F)cccc1F. The molecule has 1 N–H and O–H groups in total. The first-order chi connectivity index (χ1) is 12.0. The van der Waals surface area contributed by atoms with Crippen LogP contribution >= 0.6 is 11.8 Å². The zero-order chi connectivity index (χ0) is 18.0. The van der Waals surface area contributed by atoms with Crippen molar-refractivity contribution in [3.8, 4) is 0 Å². The van der Waals surface area contributed by atoms with Crippen molar-refractivity contribution in [2.45, 2.75) is 62.3 Å². The summed E-state index contributed by atoms with van der Waals surface area (Å²) in [6, 6.07) is 3.84. The van der Waals surface area contributed by atoms with Crippen LogP contribution in [0.25, 0.3) is 0 Å². The van der Waals surface area contributed by atoms with E-state index in [9.17, 15) is 13.6 Å². The number of hydrogen-bond donors (Lipinski definition) is 1. The molecule has 2 aromatic rings. The molecule has 3 rings (SSSR count). The average Bonchev–Trinajstić information content (AvgIpc) is 3.08. The fourth-order valence-electron chi connectivity index (χ4n) is 3.47. The van der Waals surface area contributed by atoms with Crippen molar-refractivity contribution in [1.29, 1.82) is 0 Å². The molecule has 25 heavy (non-hydrogen) atoms. The van der Waals surface area contributed by atoms with E-state index in [2.05, 4.69) is 9.97 Å². The minimum Gasteiger partial charge on any atom is -0.301 e. The van der Waals surface area contributed by atoms with Gasteiger partial charge in [-0.2, -0.15) is 0 Å². The predicted molar refractivity (Wildman–Crippen MR) is 96.2 cm³/mol. The van der Waals surface area contributed by atoms with Crippen LogP contribution in [0.5, 0.6) is 0 Å². The summed E-state index contributed by atoms with van der Waals surface area (Å²) in [5.74, 6) is -1.77. The molecule has 1 aromatic carbocycles. The Kier molecular flexibility index (Phi) is 5.57.